The summed E-state index contributed by atoms with van der Waals surface area (Å²) in [5.41, 5.74) is 5.97. The first-order valence-corrected chi connectivity index (χ1v) is 9.74. The van der Waals surface area contributed by atoms with Gasteiger partial charge in [-0.25, -0.2) is 0 Å². The molecule has 0 aliphatic heterocycles. The lowest BCUT2D eigenvalue weighted by molar-refractivity contribution is 0.657. The lowest BCUT2D eigenvalue weighted by Crippen LogP contribution is -1.87. The Bertz CT molecular complexity index is 1250. The van der Waals surface area contributed by atoms with Crippen molar-refractivity contribution in [3.05, 3.63) is 95.6 Å². The molecule has 0 aliphatic rings. The van der Waals surface area contributed by atoms with Gasteiger partial charge in [0.15, 0.2) is 0 Å². The van der Waals surface area contributed by atoms with Gasteiger partial charge in [-0.1, -0.05) is 86.1 Å². The number of para-hydroxylation sites is 1. The van der Waals surface area contributed by atoms with Crippen LogP contribution in [-0.2, 0) is 12.8 Å². The Morgan fingerprint density at radius 1 is 0.704 bits per heavy atom. The third-order valence-corrected chi connectivity index (χ3v) is 5.41. The van der Waals surface area contributed by atoms with E-state index in [1.165, 1.54) is 38.2 Å². The minimum absolute atomic E-state index is 0.888. The van der Waals surface area contributed by atoms with Gasteiger partial charge in [0.2, 0.25) is 0 Å². The van der Waals surface area contributed by atoms with Crippen LogP contribution in [0.4, 0.5) is 0 Å². The van der Waals surface area contributed by atoms with E-state index in [-0.39, 0.29) is 0 Å². The van der Waals surface area contributed by atoms with Gasteiger partial charge in [0.1, 0.15) is 11.2 Å². The first-order valence-electron chi connectivity index (χ1n) is 9.74. The average molecular weight is 350 g/mol. The third kappa shape index (κ3) is 2.71. The maximum absolute atomic E-state index is 6.55. The zero-order chi connectivity index (χ0) is 18.2. The van der Waals surface area contributed by atoms with Gasteiger partial charge in [-0.2, -0.15) is 0 Å². The Morgan fingerprint density at radius 2 is 1.48 bits per heavy atom. The topological polar surface area (TPSA) is 13.1 Å². The second-order valence-corrected chi connectivity index (χ2v) is 7.27. The fraction of sp³-hybridized carbons (Fsp3) is 0.154. The van der Waals surface area contributed by atoms with Gasteiger partial charge in [-0.15, -0.1) is 0 Å². The van der Waals surface area contributed by atoms with E-state index in [0.29, 0.717) is 0 Å². The lowest BCUT2D eigenvalue weighted by Gasteiger charge is -2.05. The van der Waals surface area contributed by atoms with Crippen molar-refractivity contribution in [1.82, 2.24) is 0 Å². The highest BCUT2D eigenvalue weighted by molar-refractivity contribution is 6.20. The number of aryl methyl sites for hydroxylation is 1. The molecule has 0 bridgehead atoms. The van der Waals surface area contributed by atoms with Crippen LogP contribution in [0.3, 0.4) is 0 Å². The second-order valence-electron chi connectivity index (χ2n) is 7.27. The molecule has 0 N–H and O–H groups in total. The Kier molecular flexibility index (Phi) is 3.94. The van der Waals surface area contributed by atoms with E-state index >= 15 is 0 Å². The molecule has 27 heavy (non-hydrogen) atoms. The minimum Gasteiger partial charge on any atom is -0.455 e. The van der Waals surface area contributed by atoms with Crippen LogP contribution in [0.15, 0.2) is 83.3 Å². The first kappa shape index (κ1) is 16.1. The number of hydrogen-bond donors (Lipinski definition) is 0. The highest BCUT2D eigenvalue weighted by Gasteiger charge is 2.16. The fourth-order valence-corrected chi connectivity index (χ4v) is 4.18. The van der Waals surface area contributed by atoms with E-state index in [4.69, 9.17) is 4.42 Å². The molecule has 1 heterocycles. The summed E-state index contributed by atoms with van der Waals surface area (Å²) in [7, 11) is 0. The van der Waals surface area contributed by atoms with Crippen molar-refractivity contribution in [2.24, 2.45) is 0 Å². The van der Waals surface area contributed by atoms with Gasteiger partial charge in [-0.05, 0) is 39.9 Å². The van der Waals surface area contributed by atoms with E-state index < -0.39 is 0 Å². The third-order valence-electron chi connectivity index (χ3n) is 5.41. The predicted octanol–water partition coefficient (Wildman–Crippen LogP) is 7.28. The molecule has 0 spiro atoms. The van der Waals surface area contributed by atoms with Gasteiger partial charge in [-0.3, -0.25) is 0 Å². The highest BCUT2D eigenvalue weighted by atomic mass is 16.3. The zero-order valence-electron chi connectivity index (χ0n) is 15.5. The minimum atomic E-state index is 0.888. The smallest absolute Gasteiger partial charge is 0.139 e. The van der Waals surface area contributed by atoms with Crippen molar-refractivity contribution >= 4 is 32.7 Å². The highest BCUT2D eigenvalue weighted by Crippen LogP contribution is 2.39. The zero-order valence-corrected chi connectivity index (χ0v) is 15.5. The van der Waals surface area contributed by atoms with Gasteiger partial charge in [0.05, 0.1) is 0 Å². The monoisotopic (exact) mass is 350 g/mol. The summed E-state index contributed by atoms with van der Waals surface area (Å²) in [4.78, 5) is 0. The number of furan rings is 1. The van der Waals surface area contributed by atoms with Crippen LogP contribution in [0.2, 0.25) is 0 Å². The molecule has 5 rings (SSSR count). The molecule has 0 aliphatic carbocycles. The maximum Gasteiger partial charge on any atom is 0.139 e. The molecule has 4 aromatic carbocycles. The molecule has 0 amide bonds. The van der Waals surface area contributed by atoms with Gasteiger partial charge < -0.3 is 4.42 Å². The molecular formula is C26H22O. The quantitative estimate of drug-likeness (QED) is 0.332. The van der Waals surface area contributed by atoms with Crippen LogP contribution in [0.1, 0.15) is 30.0 Å². The van der Waals surface area contributed by atoms with E-state index in [2.05, 4.69) is 85.8 Å². The normalized spacial score (nSPS) is 11.6. The van der Waals surface area contributed by atoms with Crippen LogP contribution in [0.25, 0.3) is 32.7 Å². The number of rotatable bonds is 4. The molecule has 0 saturated heterocycles. The molecule has 1 nitrogen and oxygen atoms in total. The molecule has 132 valence electrons. The van der Waals surface area contributed by atoms with Crippen LogP contribution < -0.4 is 0 Å². The summed E-state index contributed by atoms with van der Waals surface area (Å²) >= 11 is 0. The molecule has 0 radical (unpaired) electrons. The predicted molar refractivity (Wildman–Crippen MR) is 114 cm³/mol. The Balaban J connectivity index is 1.82. The number of fused-ring (bicyclic) bond motifs is 5. The van der Waals surface area contributed by atoms with Gasteiger partial charge in [0, 0.05) is 17.2 Å². The van der Waals surface area contributed by atoms with Crippen LogP contribution in [0, 0.1) is 0 Å². The molecule has 1 heteroatoms. The van der Waals surface area contributed by atoms with E-state index in [0.717, 1.165) is 30.4 Å². The lowest BCUT2D eigenvalue weighted by atomic mass is 9.97. The summed E-state index contributed by atoms with van der Waals surface area (Å²) in [6.45, 7) is 2.23. The molecule has 0 atom stereocenters. The fourth-order valence-electron chi connectivity index (χ4n) is 4.18. The van der Waals surface area contributed by atoms with E-state index in [9.17, 15) is 0 Å². The van der Waals surface area contributed by atoms with E-state index in [1.807, 2.05) is 0 Å². The molecule has 0 saturated carbocycles. The molecule has 0 unspecified atom stereocenters. The van der Waals surface area contributed by atoms with Crippen molar-refractivity contribution in [3.8, 4) is 0 Å². The molecule has 0 fully saturated rings. The summed E-state index contributed by atoms with van der Waals surface area (Å²) < 4.78 is 6.55. The summed E-state index contributed by atoms with van der Waals surface area (Å²) in [6, 6.07) is 28.2. The number of hydrogen-bond acceptors (Lipinski definition) is 1. The van der Waals surface area contributed by atoms with Crippen LogP contribution >= 0.6 is 0 Å². The number of benzene rings is 4. The summed E-state index contributed by atoms with van der Waals surface area (Å²) in [6.07, 6.45) is 3.04. The second kappa shape index (κ2) is 6.59. The van der Waals surface area contributed by atoms with Crippen molar-refractivity contribution < 1.29 is 4.42 Å². The maximum atomic E-state index is 6.55. The van der Waals surface area contributed by atoms with E-state index in [1.54, 1.807) is 0 Å². The summed E-state index contributed by atoms with van der Waals surface area (Å²) in [5.74, 6) is 0. The van der Waals surface area contributed by atoms with Crippen molar-refractivity contribution in [2.45, 2.75) is 26.2 Å². The van der Waals surface area contributed by atoms with Gasteiger partial charge >= 0.3 is 0 Å². The average Bonchev–Trinajstić information content (AvgIpc) is 3.11. The first-order chi connectivity index (χ1) is 13.3. The SMILES string of the molecule is CCCc1cc2ccccc2c2c1oc1c(Cc3ccccc3)cccc12. The Morgan fingerprint density at radius 3 is 2.33 bits per heavy atom. The van der Waals surface area contributed by atoms with Crippen molar-refractivity contribution in [2.75, 3.05) is 0 Å². The molecular weight excluding hydrogens is 328 g/mol. The molecule has 1 aromatic heterocycles. The Hall–Kier alpha value is -3.06. The van der Waals surface area contributed by atoms with Gasteiger partial charge in [0.25, 0.3) is 0 Å². The largest absolute Gasteiger partial charge is 0.455 e. The van der Waals surface area contributed by atoms with Crippen molar-refractivity contribution in [3.63, 3.8) is 0 Å². The summed E-state index contributed by atoms with van der Waals surface area (Å²) in [5, 5.41) is 5.07. The standard InChI is InChI=1S/C26H22O/c1-2-9-20-17-19-12-6-7-14-22(19)24-23-15-8-13-21(25(23)27-26(20)24)16-18-10-4-3-5-11-18/h3-8,10-15,17H,2,9,16H2,1H3. The van der Waals surface area contributed by atoms with Crippen LogP contribution in [0.5, 0.6) is 0 Å². The molecule has 5 aromatic rings. The van der Waals surface area contributed by atoms with Crippen LogP contribution in [-0.4, -0.2) is 0 Å². The Labute approximate surface area is 159 Å². The van der Waals surface area contributed by atoms with Crippen molar-refractivity contribution in [1.29, 1.82) is 0 Å².